The van der Waals surface area contributed by atoms with Gasteiger partial charge in [-0.3, -0.25) is 9.59 Å². The van der Waals surface area contributed by atoms with Crippen molar-refractivity contribution in [2.24, 2.45) is 0 Å². The van der Waals surface area contributed by atoms with Gasteiger partial charge in [-0.05, 0) is 43.2 Å². The van der Waals surface area contributed by atoms with Crippen LogP contribution in [-0.4, -0.2) is 37.4 Å². The Balaban J connectivity index is 2.22. The van der Waals surface area contributed by atoms with Crippen molar-refractivity contribution >= 4 is 23.5 Å². The van der Waals surface area contributed by atoms with Gasteiger partial charge in [0.25, 0.3) is 5.56 Å². The lowest BCUT2D eigenvalue weighted by Gasteiger charge is -2.17. The number of allylic oxidation sites excluding steroid dienone is 1. The van der Waals surface area contributed by atoms with Crippen molar-refractivity contribution in [3.63, 3.8) is 0 Å². The molecular formula is C26H26N2O4. The summed E-state index contributed by atoms with van der Waals surface area (Å²) in [6.45, 7) is 3.51. The second-order valence-corrected chi connectivity index (χ2v) is 7.47. The van der Waals surface area contributed by atoms with Crippen LogP contribution in [-0.2, 0) is 4.74 Å². The number of nitrogens with zero attached hydrogens (tertiary/aromatic N) is 1. The summed E-state index contributed by atoms with van der Waals surface area (Å²) < 4.78 is 5.24. The third kappa shape index (κ3) is 4.86. The minimum Gasteiger partial charge on any atom is -0.462 e. The van der Waals surface area contributed by atoms with E-state index in [1.54, 1.807) is 32.1 Å². The average Bonchev–Trinajstić information content (AvgIpc) is 2.77. The second kappa shape index (κ2) is 9.92. The number of benzene rings is 2. The first-order valence-electron chi connectivity index (χ1n) is 10.3. The highest BCUT2D eigenvalue weighted by Gasteiger charge is 2.26. The Morgan fingerprint density at radius 3 is 2.25 bits per heavy atom. The predicted octanol–water partition coefficient (Wildman–Crippen LogP) is 4.49. The number of aromatic nitrogens is 1. The highest BCUT2D eigenvalue weighted by molar-refractivity contribution is 6.14. The second-order valence-electron chi connectivity index (χ2n) is 7.47. The summed E-state index contributed by atoms with van der Waals surface area (Å²) in [6, 6.07) is 16.6. The van der Waals surface area contributed by atoms with Gasteiger partial charge in [0.05, 0.1) is 17.7 Å². The molecule has 0 saturated heterocycles. The van der Waals surface area contributed by atoms with Crippen molar-refractivity contribution < 1.29 is 14.3 Å². The molecule has 0 spiro atoms. The van der Waals surface area contributed by atoms with Crippen molar-refractivity contribution in [3.8, 4) is 11.1 Å². The van der Waals surface area contributed by atoms with Crippen molar-refractivity contribution in [1.29, 1.82) is 0 Å². The van der Waals surface area contributed by atoms with E-state index in [1.165, 1.54) is 6.08 Å². The number of rotatable bonds is 7. The molecule has 0 amide bonds. The van der Waals surface area contributed by atoms with Crippen molar-refractivity contribution in [3.05, 3.63) is 93.4 Å². The van der Waals surface area contributed by atoms with Crippen molar-refractivity contribution in [1.82, 2.24) is 4.98 Å². The predicted molar refractivity (Wildman–Crippen MR) is 127 cm³/mol. The molecule has 6 heteroatoms. The highest BCUT2D eigenvalue weighted by atomic mass is 16.5. The van der Waals surface area contributed by atoms with E-state index in [2.05, 4.69) is 4.98 Å². The molecule has 2 aromatic carbocycles. The molecule has 0 fully saturated rings. The molecule has 164 valence electrons. The number of ketones is 1. The summed E-state index contributed by atoms with van der Waals surface area (Å²) in [6.07, 6.45) is 2.99. The third-order valence-corrected chi connectivity index (χ3v) is 5.03. The fraction of sp³-hybridized carbons (Fsp3) is 0.192. The quantitative estimate of drug-likeness (QED) is 0.339. The van der Waals surface area contributed by atoms with Crippen LogP contribution in [0.1, 0.15) is 38.9 Å². The first-order chi connectivity index (χ1) is 15.3. The number of hydrogen-bond donors (Lipinski definition) is 1. The monoisotopic (exact) mass is 430 g/mol. The van der Waals surface area contributed by atoms with E-state index in [0.29, 0.717) is 11.3 Å². The van der Waals surface area contributed by atoms with Gasteiger partial charge in [0.1, 0.15) is 0 Å². The zero-order valence-electron chi connectivity index (χ0n) is 18.6. The van der Waals surface area contributed by atoms with Gasteiger partial charge in [0, 0.05) is 31.0 Å². The minimum atomic E-state index is -0.589. The molecule has 0 atom stereocenters. The summed E-state index contributed by atoms with van der Waals surface area (Å²) in [5.74, 6) is -1.08. The average molecular weight is 431 g/mol. The lowest BCUT2D eigenvalue weighted by atomic mass is 9.92. The van der Waals surface area contributed by atoms with Crippen LogP contribution in [0.4, 0.5) is 5.69 Å². The lowest BCUT2D eigenvalue weighted by molar-refractivity contribution is 0.0526. The number of ether oxygens (including phenoxy) is 1. The Hall–Kier alpha value is -3.93. The van der Waals surface area contributed by atoms with Gasteiger partial charge in [-0.1, -0.05) is 48.5 Å². The maximum absolute atomic E-state index is 13.2. The Bertz CT molecular complexity index is 1210. The number of aromatic amines is 1. The number of nitrogens with one attached hydrogen (secondary N) is 1. The molecule has 0 unspecified atom stereocenters. The van der Waals surface area contributed by atoms with E-state index in [1.807, 2.05) is 61.5 Å². The standard InChI is InChI=1S/C26H26N2O4/c1-5-32-26(31)22-17(2)27-25(30)24(21(29)16-11-18-9-7-6-8-10-18)23(22)19-12-14-20(15-13-19)28(3)4/h6-16H,5H2,1-4H3,(H,27,30)/b16-11+. The summed E-state index contributed by atoms with van der Waals surface area (Å²) in [7, 11) is 3.83. The van der Waals surface area contributed by atoms with Gasteiger partial charge >= 0.3 is 5.97 Å². The van der Waals surface area contributed by atoms with Crippen LogP contribution in [0.25, 0.3) is 17.2 Å². The number of hydrogen-bond acceptors (Lipinski definition) is 5. The van der Waals surface area contributed by atoms with Crippen LogP contribution in [0.2, 0.25) is 0 Å². The first kappa shape index (κ1) is 22.7. The van der Waals surface area contributed by atoms with E-state index >= 15 is 0 Å². The van der Waals surface area contributed by atoms with Gasteiger partial charge in [0.15, 0.2) is 5.78 Å². The van der Waals surface area contributed by atoms with Crippen LogP contribution in [0.15, 0.2) is 65.5 Å². The fourth-order valence-electron chi connectivity index (χ4n) is 3.45. The molecule has 6 nitrogen and oxygen atoms in total. The van der Waals surface area contributed by atoms with E-state index in [0.717, 1.165) is 11.3 Å². The highest BCUT2D eigenvalue weighted by Crippen LogP contribution is 2.30. The summed E-state index contributed by atoms with van der Waals surface area (Å²) in [4.78, 5) is 43.5. The molecule has 1 heterocycles. The van der Waals surface area contributed by atoms with E-state index in [9.17, 15) is 14.4 Å². The topological polar surface area (TPSA) is 79.5 Å². The maximum atomic E-state index is 13.2. The number of carbonyl (C=O) groups excluding carboxylic acids is 2. The normalized spacial score (nSPS) is 10.9. The Morgan fingerprint density at radius 2 is 1.66 bits per heavy atom. The van der Waals surface area contributed by atoms with Crippen molar-refractivity contribution in [2.75, 3.05) is 25.6 Å². The molecule has 3 aromatic rings. The molecule has 0 aliphatic heterocycles. The Kier molecular flexibility index (Phi) is 7.05. The molecule has 0 aliphatic rings. The third-order valence-electron chi connectivity index (χ3n) is 5.03. The zero-order valence-corrected chi connectivity index (χ0v) is 18.6. The Morgan fingerprint density at radius 1 is 1.00 bits per heavy atom. The smallest absolute Gasteiger partial charge is 0.340 e. The van der Waals surface area contributed by atoms with Gasteiger partial charge in [-0.25, -0.2) is 4.79 Å². The van der Waals surface area contributed by atoms with Gasteiger partial charge in [-0.2, -0.15) is 0 Å². The fourth-order valence-corrected chi connectivity index (χ4v) is 3.45. The maximum Gasteiger partial charge on any atom is 0.340 e. The molecule has 0 aliphatic carbocycles. The molecule has 1 aromatic heterocycles. The summed E-state index contributed by atoms with van der Waals surface area (Å²) in [5, 5.41) is 0. The van der Waals surface area contributed by atoms with Gasteiger partial charge in [-0.15, -0.1) is 0 Å². The minimum absolute atomic E-state index is 0.0940. The van der Waals surface area contributed by atoms with E-state index in [4.69, 9.17) is 4.74 Å². The van der Waals surface area contributed by atoms with Crippen LogP contribution >= 0.6 is 0 Å². The number of H-pyrrole nitrogens is 1. The molecule has 0 saturated carbocycles. The van der Waals surface area contributed by atoms with Gasteiger partial charge < -0.3 is 14.6 Å². The molecule has 0 bridgehead atoms. The molecule has 1 N–H and O–H groups in total. The number of esters is 1. The summed E-state index contributed by atoms with van der Waals surface area (Å²) >= 11 is 0. The largest absolute Gasteiger partial charge is 0.462 e. The molecule has 3 rings (SSSR count). The molecule has 0 radical (unpaired) electrons. The zero-order chi connectivity index (χ0) is 23.3. The number of anilines is 1. The van der Waals surface area contributed by atoms with Crippen molar-refractivity contribution in [2.45, 2.75) is 13.8 Å². The number of carbonyl (C=O) groups is 2. The lowest BCUT2D eigenvalue weighted by Crippen LogP contribution is -2.24. The number of aryl methyl sites for hydroxylation is 1. The van der Waals surface area contributed by atoms with Crippen LogP contribution in [0.5, 0.6) is 0 Å². The first-order valence-corrected chi connectivity index (χ1v) is 10.3. The molecular weight excluding hydrogens is 404 g/mol. The van der Waals surface area contributed by atoms with Crippen LogP contribution in [0.3, 0.4) is 0 Å². The summed E-state index contributed by atoms with van der Waals surface area (Å²) in [5.41, 5.74) is 2.52. The van der Waals surface area contributed by atoms with Crippen LogP contribution in [0, 0.1) is 6.92 Å². The van der Waals surface area contributed by atoms with E-state index in [-0.39, 0.29) is 23.3 Å². The number of pyridine rings is 1. The van der Waals surface area contributed by atoms with Gasteiger partial charge in [0.2, 0.25) is 0 Å². The van der Waals surface area contributed by atoms with E-state index < -0.39 is 17.3 Å². The molecule has 32 heavy (non-hydrogen) atoms. The SMILES string of the molecule is CCOC(=O)c1c(C)[nH]c(=O)c(C(=O)/C=C/c2ccccc2)c1-c1ccc(N(C)C)cc1. The van der Waals surface area contributed by atoms with Crippen LogP contribution < -0.4 is 10.5 Å². The Labute approximate surface area is 187 Å².